The largest absolute Gasteiger partial charge is 0.374 e. The summed E-state index contributed by atoms with van der Waals surface area (Å²) in [5.74, 6) is 0. The maximum atomic E-state index is 9.00. The van der Waals surface area contributed by atoms with Crippen molar-refractivity contribution >= 4 is 6.03 Å². The van der Waals surface area contributed by atoms with Crippen LogP contribution in [0.1, 0.15) is 25.7 Å². The van der Waals surface area contributed by atoms with E-state index in [-0.39, 0.29) is 0 Å². The third-order valence-corrected chi connectivity index (χ3v) is 1.75. The van der Waals surface area contributed by atoms with E-state index < -0.39 is 6.03 Å². The first-order valence-electron chi connectivity index (χ1n) is 4.44. The zero-order chi connectivity index (χ0) is 10.1. The van der Waals surface area contributed by atoms with Crippen molar-refractivity contribution in [2.24, 2.45) is 11.5 Å². The van der Waals surface area contributed by atoms with Gasteiger partial charge in [0.05, 0.1) is 12.7 Å². The number of carbonyl (C=O) groups is 1. The molecule has 0 bridgehead atoms. The number of ether oxygens (including phenoxy) is 1. The van der Waals surface area contributed by atoms with E-state index in [4.69, 9.17) is 9.53 Å². The molecule has 1 rings (SSSR count). The van der Waals surface area contributed by atoms with Crippen LogP contribution in [0.25, 0.3) is 0 Å². The van der Waals surface area contributed by atoms with Gasteiger partial charge in [-0.25, -0.2) is 4.79 Å². The van der Waals surface area contributed by atoms with E-state index >= 15 is 0 Å². The molecule has 4 N–H and O–H groups in total. The van der Waals surface area contributed by atoms with Gasteiger partial charge in [0.15, 0.2) is 0 Å². The molecule has 4 nitrogen and oxygen atoms in total. The first-order valence-corrected chi connectivity index (χ1v) is 4.44. The van der Waals surface area contributed by atoms with Crippen LogP contribution < -0.4 is 11.5 Å². The summed E-state index contributed by atoms with van der Waals surface area (Å²) in [5, 5.41) is 0. The van der Waals surface area contributed by atoms with Gasteiger partial charge in [0, 0.05) is 0 Å². The van der Waals surface area contributed by atoms with Crippen molar-refractivity contribution < 1.29 is 9.53 Å². The van der Waals surface area contributed by atoms with Crippen LogP contribution in [0.3, 0.4) is 0 Å². The molecular formula is C9H18N2O2. The highest BCUT2D eigenvalue weighted by Gasteiger charge is 2.13. The van der Waals surface area contributed by atoms with Gasteiger partial charge in [0.25, 0.3) is 0 Å². The number of rotatable bonds is 3. The number of carbonyl (C=O) groups excluding carboxylic acids is 1. The van der Waals surface area contributed by atoms with Crippen LogP contribution in [-0.4, -0.2) is 18.7 Å². The molecule has 0 aromatic carbocycles. The lowest BCUT2D eigenvalue weighted by Crippen LogP contribution is -2.18. The van der Waals surface area contributed by atoms with E-state index in [1.807, 2.05) is 6.08 Å². The summed E-state index contributed by atoms with van der Waals surface area (Å²) < 4.78 is 5.43. The van der Waals surface area contributed by atoms with E-state index in [0.717, 1.165) is 6.61 Å². The highest BCUT2D eigenvalue weighted by atomic mass is 16.5. The number of primary amides is 2. The minimum absolute atomic E-state index is 0.544. The highest BCUT2D eigenvalue weighted by Crippen LogP contribution is 2.20. The monoisotopic (exact) mass is 186 g/mol. The molecule has 0 unspecified atom stereocenters. The number of nitrogens with two attached hydrogens (primary N) is 2. The molecule has 0 atom stereocenters. The van der Waals surface area contributed by atoms with E-state index in [0.29, 0.717) is 6.10 Å². The smallest absolute Gasteiger partial charge is 0.309 e. The Morgan fingerprint density at radius 2 is 1.92 bits per heavy atom. The minimum atomic E-state index is -0.833. The molecule has 2 amide bonds. The predicted octanol–water partition coefficient (Wildman–Crippen LogP) is 1.16. The fourth-order valence-electron chi connectivity index (χ4n) is 1.26. The van der Waals surface area contributed by atoms with Gasteiger partial charge in [-0.1, -0.05) is 18.9 Å². The third-order valence-electron chi connectivity index (χ3n) is 1.75. The zero-order valence-electron chi connectivity index (χ0n) is 7.87. The third kappa shape index (κ3) is 8.88. The van der Waals surface area contributed by atoms with Gasteiger partial charge < -0.3 is 16.2 Å². The molecule has 0 radical (unpaired) electrons. The molecule has 0 spiro atoms. The number of amides is 2. The molecule has 0 heterocycles. The van der Waals surface area contributed by atoms with Crippen molar-refractivity contribution in [3.63, 3.8) is 0 Å². The first-order chi connectivity index (χ1) is 6.16. The van der Waals surface area contributed by atoms with Gasteiger partial charge >= 0.3 is 6.03 Å². The molecule has 76 valence electrons. The van der Waals surface area contributed by atoms with E-state index in [2.05, 4.69) is 18.0 Å². The van der Waals surface area contributed by atoms with Crippen molar-refractivity contribution in [1.82, 2.24) is 0 Å². The average Bonchev–Trinajstić information content (AvgIpc) is 2.51. The Morgan fingerprint density at radius 1 is 1.46 bits per heavy atom. The van der Waals surface area contributed by atoms with Crippen LogP contribution in [0.4, 0.5) is 4.79 Å². The Labute approximate surface area is 78.9 Å². The Balaban J connectivity index is 0.000000310. The van der Waals surface area contributed by atoms with Gasteiger partial charge in [-0.2, -0.15) is 0 Å². The van der Waals surface area contributed by atoms with Gasteiger partial charge in [0.1, 0.15) is 0 Å². The van der Waals surface area contributed by atoms with Crippen molar-refractivity contribution in [2.75, 3.05) is 6.61 Å². The number of urea groups is 1. The fraction of sp³-hybridized carbons (Fsp3) is 0.667. The second kappa shape index (κ2) is 7.61. The van der Waals surface area contributed by atoms with Crippen LogP contribution in [0.5, 0.6) is 0 Å². The maximum Gasteiger partial charge on any atom is 0.309 e. The highest BCUT2D eigenvalue weighted by molar-refractivity contribution is 5.69. The van der Waals surface area contributed by atoms with Gasteiger partial charge in [-0.15, -0.1) is 6.58 Å². The maximum absolute atomic E-state index is 9.00. The summed E-state index contributed by atoms with van der Waals surface area (Å²) in [4.78, 5) is 9.00. The average molecular weight is 186 g/mol. The lowest BCUT2D eigenvalue weighted by atomic mass is 10.3. The first kappa shape index (κ1) is 12.0. The molecule has 1 fully saturated rings. The molecule has 1 saturated carbocycles. The lowest BCUT2D eigenvalue weighted by molar-refractivity contribution is 0.0801. The Bertz CT molecular complexity index is 150. The molecule has 0 aromatic heterocycles. The van der Waals surface area contributed by atoms with Gasteiger partial charge in [0.2, 0.25) is 0 Å². The lowest BCUT2D eigenvalue weighted by Gasteiger charge is -2.06. The number of hydrogen-bond donors (Lipinski definition) is 2. The molecule has 0 aliphatic heterocycles. The molecule has 0 aromatic rings. The topological polar surface area (TPSA) is 78.3 Å². The van der Waals surface area contributed by atoms with Crippen molar-refractivity contribution in [1.29, 1.82) is 0 Å². The van der Waals surface area contributed by atoms with Crippen LogP contribution in [-0.2, 0) is 4.74 Å². The summed E-state index contributed by atoms with van der Waals surface area (Å²) in [6, 6.07) is -0.833. The summed E-state index contributed by atoms with van der Waals surface area (Å²) in [6.45, 7) is 4.32. The zero-order valence-corrected chi connectivity index (χ0v) is 7.87. The molecule has 4 heteroatoms. The van der Waals surface area contributed by atoms with Gasteiger partial charge in [-0.05, 0) is 12.8 Å². The summed E-state index contributed by atoms with van der Waals surface area (Å²) in [5.41, 5.74) is 8.50. The fourth-order valence-corrected chi connectivity index (χ4v) is 1.26. The second-order valence-corrected chi connectivity index (χ2v) is 2.93. The summed E-state index contributed by atoms with van der Waals surface area (Å²) >= 11 is 0. The minimum Gasteiger partial charge on any atom is -0.374 e. The van der Waals surface area contributed by atoms with Crippen LogP contribution in [0.15, 0.2) is 12.7 Å². The van der Waals surface area contributed by atoms with Crippen LogP contribution in [0.2, 0.25) is 0 Å². The SMILES string of the molecule is C=CCOC1CCCC1.NC(N)=O. The number of hydrogen-bond acceptors (Lipinski definition) is 2. The quantitative estimate of drug-likeness (QED) is 0.648. The molecule has 1 aliphatic carbocycles. The Morgan fingerprint density at radius 3 is 2.31 bits per heavy atom. The van der Waals surface area contributed by atoms with Gasteiger partial charge in [-0.3, -0.25) is 0 Å². The Hall–Kier alpha value is -1.03. The van der Waals surface area contributed by atoms with Crippen molar-refractivity contribution in [3.05, 3.63) is 12.7 Å². The normalized spacial score (nSPS) is 16.0. The van der Waals surface area contributed by atoms with E-state index in [1.54, 1.807) is 0 Å². The van der Waals surface area contributed by atoms with Crippen LogP contribution in [0, 0.1) is 0 Å². The summed E-state index contributed by atoms with van der Waals surface area (Å²) in [7, 11) is 0. The van der Waals surface area contributed by atoms with E-state index in [9.17, 15) is 0 Å². The molecular weight excluding hydrogens is 168 g/mol. The molecule has 1 aliphatic rings. The van der Waals surface area contributed by atoms with Crippen molar-refractivity contribution in [3.8, 4) is 0 Å². The predicted molar refractivity (Wildman–Crippen MR) is 52.2 cm³/mol. The second-order valence-electron chi connectivity index (χ2n) is 2.93. The van der Waals surface area contributed by atoms with E-state index in [1.165, 1.54) is 25.7 Å². The summed E-state index contributed by atoms with van der Waals surface area (Å²) in [6.07, 6.45) is 7.58. The molecule has 0 saturated heterocycles. The molecule has 13 heavy (non-hydrogen) atoms. The standard InChI is InChI=1S/C8H14O.CH4N2O/c1-2-7-9-8-5-3-4-6-8;2-1(3)4/h2,8H,1,3-7H2;(H4,2,3,4). The van der Waals surface area contributed by atoms with Crippen LogP contribution >= 0.6 is 0 Å². The van der Waals surface area contributed by atoms with Crippen molar-refractivity contribution in [2.45, 2.75) is 31.8 Å². The Kier molecular flexibility index (Phi) is 7.01.